The van der Waals surface area contributed by atoms with Gasteiger partial charge in [0.2, 0.25) is 0 Å². The molecule has 0 aliphatic carbocycles. The van der Waals surface area contributed by atoms with Crippen molar-refractivity contribution < 1.29 is 14.3 Å². The Bertz CT molecular complexity index is 1170. The van der Waals surface area contributed by atoms with E-state index in [-0.39, 0.29) is 28.3 Å². The maximum Gasteiger partial charge on any atom is 0.262 e. The third-order valence-electron chi connectivity index (χ3n) is 4.55. The van der Waals surface area contributed by atoms with Gasteiger partial charge in [0.1, 0.15) is 0 Å². The second-order valence-electron chi connectivity index (χ2n) is 6.90. The van der Waals surface area contributed by atoms with Crippen molar-refractivity contribution in [1.82, 2.24) is 0 Å². The van der Waals surface area contributed by atoms with Crippen LogP contribution in [0.4, 0.5) is 11.4 Å². The van der Waals surface area contributed by atoms with Crippen LogP contribution in [0, 0.1) is 13.8 Å². The number of carbonyl (C=O) groups is 2. The molecule has 0 aliphatic heterocycles. The first-order chi connectivity index (χ1) is 15.2. The summed E-state index contributed by atoms with van der Waals surface area (Å²) < 4.78 is 5.57. The summed E-state index contributed by atoms with van der Waals surface area (Å²) >= 11 is 24.7. The van der Waals surface area contributed by atoms with E-state index in [1.807, 2.05) is 0 Å². The molecule has 9 heteroatoms. The van der Waals surface area contributed by atoms with Gasteiger partial charge in [-0.3, -0.25) is 9.59 Å². The van der Waals surface area contributed by atoms with E-state index in [0.717, 1.165) is 0 Å². The molecule has 0 fully saturated rings. The normalized spacial score (nSPS) is 10.6. The van der Waals surface area contributed by atoms with Gasteiger partial charge in [-0.05, 0) is 61.4 Å². The number of benzene rings is 3. The minimum Gasteiger partial charge on any atom is -0.481 e. The lowest BCUT2D eigenvalue weighted by Crippen LogP contribution is -2.20. The van der Waals surface area contributed by atoms with Gasteiger partial charge in [0.05, 0.1) is 10.0 Å². The molecule has 0 saturated heterocycles. The Morgan fingerprint density at radius 1 is 0.812 bits per heavy atom. The second-order valence-corrected chi connectivity index (χ2v) is 8.47. The fraction of sp³-hybridized carbons (Fsp3) is 0.130. The highest BCUT2D eigenvalue weighted by Crippen LogP contribution is 2.42. The predicted octanol–water partition coefficient (Wildman–Crippen LogP) is 7.19. The van der Waals surface area contributed by atoms with Gasteiger partial charge in [0.25, 0.3) is 11.8 Å². The monoisotopic (exact) mass is 510 g/mol. The highest BCUT2D eigenvalue weighted by atomic mass is 35.5. The molecule has 0 atom stereocenters. The number of anilines is 2. The third kappa shape index (κ3) is 5.67. The van der Waals surface area contributed by atoms with Crippen LogP contribution in [0.1, 0.15) is 21.5 Å². The Morgan fingerprint density at radius 2 is 1.41 bits per heavy atom. The third-order valence-corrected chi connectivity index (χ3v) is 6.27. The number of amides is 2. The first-order valence-electron chi connectivity index (χ1n) is 9.40. The summed E-state index contributed by atoms with van der Waals surface area (Å²) in [6.07, 6.45) is 0. The molecule has 5 nitrogen and oxygen atoms in total. The number of hydrogen-bond acceptors (Lipinski definition) is 3. The maximum atomic E-state index is 12.4. The highest BCUT2D eigenvalue weighted by molar-refractivity contribution is 6.42. The first-order valence-corrected chi connectivity index (χ1v) is 10.9. The summed E-state index contributed by atoms with van der Waals surface area (Å²) in [7, 11) is 0. The van der Waals surface area contributed by atoms with Crippen molar-refractivity contribution in [1.29, 1.82) is 0 Å². The van der Waals surface area contributed by atoms with Gasteiger partial charge in [-0.2, -0.15) is 0 Å². The molecule has 0 radical (unpaired) electrons. The highest BCUT2D eigenvalue weighted by Gasteiger charge is 2.19. The molecule has 3 rings (SSSR count). The fourth-order valence-electron chi connectivity index (χ4n) is 2.88. The summed E-state index contributed by atoms with van der Waals surface area (Å²) in [5, 5.41) is 6.89. The van der Waals surface area contributed by atoms with Crippen molar-refractivity contribution in [3.63, 3.8) is 0 Å². The summed E-state index contributed by atoms with van der Waals surface area (Å²) in [4.78, 5) is 24.8. The molecule has 2 N–H and O–H groups in total. The largest absolute Gasteiger partial charge is 0.481 e. The van der Waals surface area contributed by atoms with Crippen LogP contribution in [-0.2, 0) is 4.79 Å². The number of ether oxygens (including phenoxy) is 1. The van der Waals surface area contributed by atoms with Crippen molar-refractivity contribution in [2.24, 2.45) is 0 Å². The molecule has 0 aliphatic rings. The van der Waals surface area contributed by atoms with E-state index in [4.69, 9.17) is 51.1 Å². The standard InChI is InChI=1S/C23H18Cl4N2O3/c1-12-19(25)13(2)21(27)22(20(12)26)32-11-18(30)28-16-7-4-8-17(10-16)29-23(31)14-5-3-6-15(24)9-14/h3-10H,11H2,1-2H3,(H,28,30)(H,29,31). The molecule has 0 spiro atoms. The van der Waals surface area contributed by atoms with Crippen molar-refractivity contribution in [3.8, 4) is 5.75 Å². The molecule has 32 heavy (non-hydrogen) atoms. The Morgan fingerprint density at radius 3 is 2.03 bits per heavy atom. The Labute approximate surface area is 205 Å². The minimum atomic E-state index is -0.430. The van der Waals surface area contributed by atoms with Gasteiger partial charge >= 0.3 is 0 Å². The smallest absolute Gasteiger partial charge is 0.262 e. The molecule has 0 heterocycles. The lowest BCUT2D eigenvalue weighted by Gasteiger charge is -2.15. The molecule has 3 aromatic rings. The topological polar surface area (TPSA) is 67.4 Å². The van der Waals surface area contributed by atoms with Crippen molar-refractivity contribution in [3.05, 3.63) is 85.3 Å². The van der Waals surface area contributed by atoms with Crippen LogP contribution in [-0.4, -0.2) is 18.4 Å². The van der Waals surface area contributed by atoms with Crippen LogP contribution in [0.25, 0.3) is 0 Å². The van der Waals surface area contributed by atoms with E-state index in [1.54, 1.807) is 62.4 Å². The van der Waals surface area contributed by atoms with Crippen molar-refractivity contribution >= 4 is 69.6 Å². The summed E-state index contributed by atoms with van der Waals surface area (Å²) in [6, 6.07) is 13.3. The average Bonchev–Trinajstić information content (AvgIpc) is 2.76. The number of halogens is 4. The zero-order valence-corrected chi connectivity index (χ0v) is 20.1. The van der Waals surface area contributed by atoms with Crippen LogP contribution >= 0.6 is 46.4 Å². The molecule has 0 bridgehead atoms. The lowest BCUT2D eigenvalue weighted by molar-refractivity contribution is -0.118. The van der Waals surface area contributed by atoms with Gasteiger partial charge in [-0.1, -0.05) is 58.5 Å². The van der Waals surface area contributed by atoms with Crippen molar-refractivity contribution in [2.45, 2.75) is 13.8 Å². The van der Waals surface area contributed by atoms with Gasteiger partial charge in [-0.15, -0.1) is 0 Å². The van der Waals surface area contributed by atoms with Crippen LogP contribution < -0.4 is 15.4 Å². The molecule has 166 valence electrons. The van der Waals surface area contributed by atoms with Gasteiger partial charge in [0, 0.05) is 27.0 Å². The van der Waals surface area contributed by atoms with Gasteiger partial charge in [-0.25, -0.2) is 0 Å². The maximum absolute atomic E-state index is 12.4. The van der Waals surface area contributed by atoms with E-state index in [0.29, 0.717) is 38.1 Å². The molecular weight excluding hydrogens is 494 g/mol. The minimum absolute atomic E-state index is 0.199. The zero-order valence-electron chi connectivity index (χ0n) is 17.1. The van der Waals surface area contributed by atoms with Crippen molar-refractivity contribution in [2.75, 3.05) is 17.2 Å². The SMILES string of the molecule is Cc1c(Cl)c(C)c(Cl)c(OCC(=O)Nc2cccc(NC(=O)c3cccc(Cl)c3)c2)c1Cl. The quantitative estimate of drug-likeness (QED) is 0.368. The van der Waals surface area contributed by atoms with E-state index >= 15 is 0 Å². The number of nitrogens with one attached hydrogen (secondary N) is 2. The second kappa shape index (κ2) is 10.5. The zero-order chi connectivity index (χ0) is 23.4. The molecule has 2 amide bonds. The first kappa shape index (κ1) is 24.2. The lowest BCUT2D eigenvalue weighted by atomic mass is 10.1. The van der Waals surface area contributed by atoms with E-state index < -0.39 is 5.91 Å². The molecule has 3 aromatic carbocycles. The number of carbonyl (C=O) groups excluding carboxylic acids is 2. The van der Waals surface area contributed by atoms with E-state index in [1.165, 1.54) is 0 Å². The van der Waals surface area contributed by atoms with Crippen LogP contribution in [0.3, 0.4) is 0 Å². The molecule has 0 saturated carbocycles. The van der Waals surface area contributed by atoms with Gasteiger partial charge < -0.3 is 15.4 Å². The van der Waals surface area contributed by atoms with E-state index in [2.05, 4.69) is 10.6 Å². The Balaban J connectivity index is 1.65. The van der Waals surface area contributed by atoms with Crippen LogP contribution in [0.5, 0.6) is 5.75 Å². The van der Waals surface area contributed by atoms with Gasteiger partial charge in [0.15, 0.2) is 12.4 Å². The number of hydrogen-bond donors (Lipinski definition) is 2. The predicted molar refractivity (Wildman–Crippen MR) is 131 cm³/mol. The summed E-state index contributed by atoms with van der Waals surface area (Å²) in [5.41, 5.74) is 2.64. The van der Waals surface area contributed by atoms with Crippen LogP contribution in [0.2, 0.25) is 20.1 Å². The summed E-state index contributed by atoms with van der Waals surface area (Å²) in [5.74, 6) is -0.553. The molecule has 0 unspecified atom stereocenters. The Hall–Kier alpha value is -2.44. The van der Waals surface area contributed by atoms with Crippen LogP contribution in [0.15, 0.2) is 48.5 Å². The average molecular weight is 512 g/mol. The molecule has 0 aromatic heterocycles. The molecular formula is C23H18Cl4N2O3. The number of rotatable bonds is 6. The summed E-state index contributed by atoms with van der Waals surface area (Å²) in [6.45, 7) is 3.16. The van der Waals surface area contributed by atoms with E-state index in [9.17, 15) is 9.59 Å². The fourth-order valence-corrected chi connectivity index (χ4v) is 3.89. The Kier molecular flexibility index (Phi) is 7.91.